The molecule has 0 aliphatic heterocycles. The molecule has 0 rings (SSSR count). The smallest absolute Gasteiger partial charge is 0.0993 e. The van der Waals surface area contributed by atoms with Crippen molar-refractivity contribution >= 4 is 5.84 Å². The van der Waals surface area contributed by atoms with Crippen LogP contribution in [0.1, 0.15) is 27.2 Å². The highest BCUT2D eigenvalue weighted by Gasteiger charge is 1.99. The second-order valence-corrected chi connectivity index (χ2v) is 2.58. The molecule has 0 aliphatic carbocycles. The summed E-state index contributed by atoms with van der Waals surface area (Å²) in [6.45, 7) is 6.24. The van der Waals surface area contributed by atoms with E-state index in [1.807, 2.05) is 21.0 Å². The molecule has 64 valence electrons. The highest BCUT2D eigenvalue weighted by atomic mass is 15.2. The first-order valence-electron chi connectivity index (χ1n) is 3.97. The molecule has 0 aromatic rings. The molecule has 0 radical (unpaired) electrons. The number of hydrogen-bond acceptors (Lipinski definition) is 1. The van der Waals surface area contributed by atoms with E-state index in [9.17, 15) is 0 Å². The molecule has 0 saturated carbocycles. The molecule has 0 fully saturated rings. The summed E-state index contributed by atoms with van der Waals surface area (Å²) in [4.78, 5) is 6.18. The predicted molar refractivity (Wildman–Crippen MR) is 50.8 cm³/mol. The van der Waals surface area contributed by atoms with Gasteiger partial charge >= 0.3 is 0 Å². The Morgan fingerprint density at radius 3 is 2.36 bits per heavy atom. The van der Waals surface area contributed by atoms with Crippen LogP contribution in [0.5, 0.6) is 0 Å². The summed E-state index contributed by atoms with van der Waals surface area (Å²) in [5, 5.41) is 0. The summed E-state index contributed by atoms with van der Waals surface area (Å²) in [5.41, 5.74) is 1.26. The van der Waals surface area contributed by atoms with Gasteiger partial charge in [-0.2, -0.15) is 0 Å². The van der Waals surface area contributed by atoms with E-state index in [2.05, 4.69) is 29.8 Å². The summed E-state index contributed by atoms with van der Waals surface area (Å²) >= 11 is 0. The Balaban J connectivity index is 4.24. The van der Waals surface area contributed by atoms with E-state index in [4.69, 9.17) is 0 Å². The maximum atomic E-state index is 4.09. The molecule has 0 spiro atoms. The van der Waals surface area contributed by atoms with E-state index in [0.717, 1.165) is 12.3 Å². The third-order valence-corrected chi connectivity index (χ3v) is 1.84. The quantitative estimate of drug-likeness (QED) is 0.440. The Morgan fingerprint density at radius 2 is 2.00 bits per heavy atom. The maximum absolute atomic E-state index is 4.09. The third kappa shape index (κ3) is 3.21. The highest BCUT2D eigenvalue weighted by Crippen LogP contribution is 2.02. The van der Waals surface area contributed by atoms with Gasteiger partial charge in [0.1, 0.15) is 0 Å². The molecule has 0 aliphatic rings. The third-order valence-electron chi connectivity index (χ3n) is 1.84. The summed E-state index contributed by atoms with van der Waals surface area (Å²) in [7, 11) is 3.84. The summed E-state index contributed by atoms with van der Waals surface area (Å²) in [6, 6.07) is 0. The van der Waals surface area contributed by atoms with Crippen molar-refractivity contribution in [1.29, 1.82) is 0 Å². The van der Waals surface area contributed by atoms with Crippen molar-refractivity contribution < 1.29 is 0 Å². The minimum atomic E-state index is 1.05. The Bertz CT molecular complexity index is 168. The molecule has 0 unspecified atom stereocenters. The van der Waals surface area contributed by atoms with Gasteiger partial charge in [-0.3, -0.25) is 4.99 Å². The summed E-state index contributed by atoms with van der Waals surface area (Å²) in [5.74, 6) is 1.05. The maximum Gasteiger partial charge on any atom is 0.0993 e. The number of aliphatic imine (C=N–C) groups is 1. The van der Waals surface area contributed by atoms with Crippen LogP contribution >= 0.6 is 0 Å². The van der Waals surface area contributed by atoms with Crippen molar-refractivity contribution in [2.24, 2.45) is 4.99 Å². The van der Waals surface area contributed by atoms with Gasteiger partial charge in [0, 0.05) is 19.8 Å². The van der Waals surface area contributed by atoms with Gasteiger partial charge in [0.15, 0.2) is 0 Å². The Labute approximate surface area is 69.6 Å². The van der Waals surface area contributed by atoms with Crippen molar-refractivity contribution in [2.75, 3.05) is 14.1 Å². The van der Waals surface area contributed by atoms with E-state index >= 15 is 0 Å². The van der Waals surface area contributed by atoms with E-state index in [1.165, 1.54) is 5.70 Å². The first kappa shape index (κ1) is 10.2. The van der Waals surface area contributed by atoms with Crippen LogP contribution in [0.4, 0.5) is 0 Å². The Morgan fingerprint density at radius 1 is 1.45 bits per heavy atom. The van der Waals surface area contributed by atoms with Gasteiger partial charge in [0.25, 0.3) is 0 Å². The lowest BCUT2D eigenvalue weighted by Gasteiger charge is -2.18. The van der Waals surface area contributed by atoms with Gasteiger partial charge in [0.05, 0.1) is 5.84 Å². The number of nitrogens with zero attached hydrogens (tertiary/aromatic N) is 2. The zero-order valence-electron chi connectivity index (χ0n) is 8.18. The molecule has 11 heavy (non-hydrogen) atoms. The molecule has 0 amide bonds. The molecule has 2 heteroatoms. The SMILES string of the molecule is CC/C=C(\C)N(C)/C(C)=N\C. The van der Waals surface area contributed by atoms with Gasteiger partial charge in [0.2, 0.25) is 0 Å². The second kappa shape index (κ2) is 4.94. The standard InChI is InChI=1S/C9H18N2/c1-6-7-8(2)11(5)9(3)10-4/h7H,6H2,1-5H3/b8-7+,10-9-. The van der Waals surface area contributed by atoms with Gasteiger partial charge in [-0.15, -0.1) is 0 Å². The van der Waals surface area contributed by atoms with Crippen LogP contribution in [0.25, 0.3) is 0 Å². The van der Waals surface area contributed by atoms with E-state index in [0.29, 0.717) is 0 Å². The second-order valence-electron chi connectivity index (χ2n) is 2.58. The molecular formula is C9H18N2. The van der Waals surface area contributed by atoms with Gasteiger partial charge in [-0.1, -0.05) is 13.0 Å². The lowest BCUT2D eigenvalue weighted by molar-refractivity contribution is 0.617. The van der Waals surface area contributed by atoms with Crippen LogP contribution < -0.4 is 0 Å². The van der Waals surface area contributed by atoms with Crippen molar-refractivity contribution in [1.82, 2.24) is 4.90 Å². The van der Waals surface area contributed by atoms with Crippen LogP contribution in [0, 0.1) is 0 Å². The lowest BCUT2D eigenvalue weighted by Crippen LogP contribution is -2.21. The van der Waals surface area contributed by atoms with Crippen molar-refractivity contribution in [2.45, 2.75) is 27.2 Å². The molecule has 2 nitrogen and oxygen atoms in total. The van der Waals surface area contributed by atoms with Gasteiger partial charge in [-0.25, -0.2) is 0 Å². The van der Waals surface area contributed by atoms with Crippen molar-refractivity contribution in [3.05, 3.63) is 11.8 Å². The largest absolute Gasteiger partial charge is 0.338 e. The van der Waals surface area contributed by atoms with Crippen LogP contribution in [-0.2, 0) is 0 Å². The Hall–Kier alpha value is -0.790. The number of hydrogen-bond donors (Lipinski definition) is 0. The first-order valence-corrected chi connectivity index (χ1v) is 3.97. The number of allylic oxidation sites excluding steroid dienone is 2. The zero-order valence-corrected chi connectivity index (χ0v) is 8.18. The minimum Gasteiger partial charge on any atom is -0.338 e. The Kier molecular flexibility index (Phi) is 4.59. The van der Waals surface area contributed by atoms with Crippen molar-refractivity contribution in [3.63, 3.8) is 0 Å². The molecule has 0 bridgehead atoms. The average molecular weight is 154 g/mol. The molecule has 0 aromatic carbocycles. The molecular weight excluding hydrogens is 136 g/mol. The van der Waals surface area contributed by atoms with Crippen LogP contribution in [0.2, 0.25) is 0 Å². The topological polar surface area (TPSA) is 15.6 Å². The summed E-state index contributed by atoms with van der Waals surface area (Å²) < 4.78 is 0. The van der Waals surface area contributed by atoms with Gasteiger partial charge in [-0.05, 0) is 20.3 Å². The fourth-order valence-corrected chi connectivity index (χ4v) is 0.838. The number of amidine groups is 1. The number of rotatable bonds is 2. The first-order chi connectivity index (χ1) is 5.13. The van der Waals surface area contributed by atoms with Crippen LogP contribution in [0.15, 0.2) is 16.8 Å². The van der Waals surface area contributed by atoms with Crippen LogP contribution in [-0.4, -0.2) is 24.8 Å². The van der Waals surface area contributed by atoms with Gasteiger partial charge < -0.3 is 4.90 Å². The monoisotopic (exact) mass is 154 g/mol. The molecule has 0 atom stereocenters. The van der Waals surface area contributed by atoms with E-state index < -0.39 is 0 Å². The summed E-state index contributed by atoms with van der Waals surface area (Å²) in [6.07, 6.45) is 3.27. The predicted octanol–water partition coefficient (Wildman–Crippen LogP) is 2.28. The van der Waals surface area contributed by atoms with Crippen molar-refractivity contribution in [3.8, 4) is 0 Å². The van der Waals surface area contributed by atoms with Crippen LogP contribution in [0.3, 0.4) is 0 Å². The van der Waals surface area contributed by atoms with E-state index in [1.54, 1.807) is 0 Å². The fourth-order valence-electron chi connectivity index (χ4n) is 0.838. The zero-order chi connectivity index (χ0) is 8.85. The molecule has 0 heterocycles. The molecule has 0 saturated heterocycles. The average Bonchev–Trinajstić information content (AvgIpc) is 2.02. The van der Waals surface area contributed by atoms with E-state index in [-0.39, 0.29) is 0 Å². The minimum absolute atomic E-state index is 1.05. The fraction of sp³-hybridized carbons (Fsp3) is 0.667. The molecule has 0 aromatic heterocycles. The lowest BCUT2D eigenvalue weighted by atomic mass is 10.3. The molecule has 0 N–H and O–H groups in total. The highest BCUT2D eigenvalue weighted by molar-refractivity contribution is 5.80. The normalized spacial score (nSPS) is 13.5.